The summed E-state index contributed by atoms with van der Waals surface area (Å²) in [6.07, 6.45) is 0.459. The lowest BCUT2D eigenvalue weighted by atomic mass is 9.99. The zero-order chi connectivity index (χ0) is 25.9. The van der Waals surface area contributed by atoms with Gasteiger partial charge in [0, 0.05) is 0 Å². The van der Waals surface area contributed by atoms with Gasteiger partial charge in [-0.3, -0.25) is 9.59 Å². The molecule has 0 saturated heterocycles. The van der Waals surface area contributed by atoms with Crippen LogP contribution in [-0.4, -0.2) is 54.7 Å². The largest absolute Gasteiger partial charge is 0.467 e. The van der Waals surface area contributed by atoms with Crippen LogP contribution in [0, 0.1) is 17.8 Å². The van der Waals surface area contributed by atoms with Crippen molar-refractivity contribution in [1.82, 2.24) is 16.0 Å². The average molecular weight is 472 g/mol. The Balaban J connectivity index is 5.54. The highest BCUT2D eigenvalue weighted by Crippen LogP contribution is 2.12. The monoisotopic (exact) mass is 471 g/mol. The number of hydrogen-bond acceptors (Lipinski definition) is 6. The Hall–Kier alpha value is -2.32. The Kier molecular flexibility index (Phi) is 13.1. The van der Waals surface area contributed by atoms with Gasteiger partial charge >= 0.3 is 12.1 Å². The minimum Gasteiger partial charge on any atom is -0.467 e. The average Bonchev–Trinajstić information content (AvgIpc) is 2.62. The van der Waals surface area contributed by atoms with Crippen LogP contribution in [0.4, 0.5) is 4.79 Å². The summed E-state index contributed by atoms with van der Waals surface area (Å²) < 4.78 is 10.1. The van der Waals surface area contributed by atoms with Crippen molar-refractivity contribution < 1.29 is 28.7 Å². The maximum absolute atomic E-state index is 13.1. The van der Waals surface area contributed by atoms with Crippen LogP contribution in [-0.2, 0) is 23.9 Å². The van der Waals surface area contributed by atoms with Crippen molar-refractivity contribution >= 4 is 23.9 Å². The molecule has 0 saturated carbocycles. The highest BCUT2D eigenvalue weighted by molar-refractivity contribution is 5.93. The first kappa shape index (κ1) is 30.7. The van der Waals surface area contributed by atoms with Crippen LogP contribution in [0.25, 0.3) is 0 Å². The standard InChI is InChI=1S/C24H45N3O6/c1-14(2)11-17(20(28)26-19(13-16(5)6)22(30)32-10)25-21(29)18(12-15(3)4)27-23(31)33-24(7,8)9/h14-19H,11-13H2,1-10H3,(H,25,29)(H,26,28)(H,27,31)/t17-,18-,19-/m0/s1. The summed E-state index contributed by atoms with van der Waals surface area (Å²) in [5.74, 6) is -1.10. The molecule has 0 bridgehead atoms. The fourth-order valence-electron chi connectivity index (χ4n) is 3.23. The topological polar surface area (TPSA) is 123 Å². The van der Waals surface area contributed by atoms with Gasteiger partial charge < -0.3 is 25.4 Å². The zero-order valence-electron chi connectivity index (χ0n) is 22.0. The van der Waals surface area contributed by atoms with E-state index in [-0.39, 0.29) is 17.8 Å². The van der Waals surface area contributed by atoms with E-state index in [1.165, 1.54) is 7.11 Å². The Morgan fingerprint density at radius 1 is 0.667 bits per heavy atom. The highest BCUT2D eigenvalue weighted by Gasteiger charge is 2.31. The van der Waals surface area contributed by atoms with Crippen molar-refractivity contribution in [3.8, 4) is 0 Å². The second-order valence-electron chi connectivity index (χ2n) is 10.7. The smallest absolute Gasteiger partial charge is 0.408 e. The van der Waals surface area contributed by atoms with Crippen LogP contribution in [0.2, 0.25) is 0 Å². The first-order valence-corrected chi connectivity index (χ1v) is 11.7. The number of amides is 3. The Labute approximate surface area is 199 Å². The van der Waals surface area contributed by atoms with Gasteiger partial charge in [0.2, 0.25) is 11.8 Å². The van der Waals surface area contributed by atoms with Gasteiger partial charge in [0.05, 0.1) is 7.11 Å². The molecule has 0 fully saturated rings. The number of alkyl carbamates (subject to hydrolysis) is 1. The number of esters is 1. The Bertz CT molecular complexity index is 655. The second kappa shape index (κ2) is 14.1. The van der Waals surface area contributed by atoms with E-state index in [2.05, 4.69) is 16.0 Å². The van der Waals surface area contributed by atoms with Gasteiger partial charge in [-0.25, -0.2) is 9.59 Å². The molecule has 0 aromatic carbocycles. The molecule has 3 amide bonds. The number of nitrogens with one attached hydrogen (secondary N) is 3. The molecular weight excluding hydrogens is 426 g/mol. The normalized spacial score (nSPS) is 14.5. The molecule has 0 aromatic rings. The molecule has 0 radical (unpaired) electrons. The third-order valence-electron chi connectivity index (χ3n) is 4.56. The van der Waals surface area contributed by atoms with Crippen molar-refractivity contribution in [3.63, 3.8) is 0 Å². The van der Waals surface area contributed by atoms with Gasteiger partial charge in [-0.05, 0) is 57.8 Å². The predicted octanol–water partition coefficient (Wildman–Crippen LogP) is 3.16. The Morgan fingerprint density at radius 3 is 1.39 bits per heavy atom. The van der Waals surface area contributed by atoms with E-state index in [1.807, 2.05) is 41.5 Å². The van der Waals surface area contributed by atoms with E-state index in [0.29, 0.717) is 19.3 Å². The van der Waals surface area contributed by atoms with Gasteiger partial charge in [-0.1, -0.05) is 41.5 Å². The first-order chi connectivity index (χ1) is 15.0. The molecule has 192 valence electrons. The lowest BCUT2D eigenvalue weighted by molar-refractivity contribution is -0.146. The van der Waals surface area contributed by atoms with Crippen LogP contribution in [0.15, 0.2) is 0 Å². The van der Waals surface area contributed by atoms with Crippen molar-refractivity contribution in [1.29, 1.82) is 0 Å². The van der Waals surface area contributed by atoms with E-state index >= 15 is 0 Å². The molecule has 33 heavy (non-hydrogen) atoms. The fourth-order valence-corrected chi connectivity index (χ4v) is 3.23. The van der Waals surface area contributed by atoms with Crippen molar-refractivity contribution in [2.24, 2.45) is 17.8 Å². The molecule has 0 spiro atoms. The van der Waals surface area contributed by atoms with Crippen LogP contribution >= 0.6 is 0 Å². The first-order valence-electron chi connectivity index (χ1n) is 11.7. The van der Waals surface area contributed by atoms with Gasteiger partial charge in [-0.2, -0.15) is 0 Å². The molecule has 0 aromatic heterocycles. The number of rotatable bonds is 12. The SMILES string of the molecule is COC(=O)[C@H](CC(C)C)NC(=O)[C@H](CC(C)C)NC(=O)[C@H](CC(C)C)NC(=O)OC(C)(C)C. The highest BCUT2D eigenvalue weighted by atomic mass is 16.6. The van der Waals surface area contributed by atoms with Gasteiger partial charge in [0.25, 0.3) is 0 Å². The summed E-state index contributed by atoms with van der Waals surface area (Å²) in [7, 11) is 1.27. The van der Waals surface area contributed by atoms with E-state index in [9.17, 15) is 19.2 Å². The maximum Gasteiger partial charge on any atom is 0.408 e. The van der Waals surface area contributed by atoms with Crippen LogP contribution in [0.3, 0.4) is 0 Å². The van der Waals surface area contributed by atoms with Crippen LogP contribution < -0.4 is 16.0 Å². The molecule has 9 heteroatoms. The number of methoxy groups -OCH3 is 1. The van der Waals surface area contributed by atoms with Crippen molar-refractivity contribution in [3.05, 3.63) is 0 Å². The molecule has 3 N–H and O–H groups in total. The minimum atomic E-state index is -0.869. The zero-order valence-corrected chi connectivity index (χ0v) is 22.0. The van der Waals surface area contributed by atoms with E-state index in [1.54, 1.807) is 20.8 Å². The summed E-state index contributed by atoms with van der Waals surface area (Å²) in [6.45, 7) is 16.8. The quantitative estimate of drug-likeness (QED) is 0.376. The van der Waals surface area contributed by atoms with Gasteiger partial charge in [-0.15, -0.1) is 0 Å². The van der Waals surface area contributed by atoms with E-state index in [0.717, 1.165) is 0 Å². The third kappa shape index (κ3) is 13.7. The molecule has 0 unspecified atom stereocenters. The molecule has 0 aliphatic heterocycles. The summed E-state index contributed by atoms with van der Waals surface area (Å²) in [5, 5.41) is 8.10. The van der Waals surface area contributed by atoms with Gasteiger partial charge in [0.15, 0.2) is 0 Å². The summed E-state index contributed by atoms with van der Waals surface area (Å²) >= 11 is 0. The summed E-state index contributed by atoms with van der Waals surface area (Å²) in [5.41, 5.74) is -0.706. The molecular formula is C24H45N3O6. The molecule has 0 heterocycles. The Morgan fingerprint density at radius 2 is 1.03 bits per heavy atom. The number of ether oxygens (including phenoxy) is 2. The summed E-state index contributed by atoms with van der Waals surface area (Å²) in [6, 6.07) is -2.54. The second-order valence-corrected chi connectivity index (χ2v) is 10.7. The molecule has 0 aliphatic carbocycles. The molecule has 0 aliphatic rings. The van der Waals surface area contributed by atoms with E-state index < -0.39 is 47.6 Å². The van der Waals surface area contributed by atoms with Gasteiger partial charge in [0.1, 0.15) is 23.7 Å². The van der Waals surface area contributed by atoms with Crippen LogP contribution in [0.1, 0.15) is 81.6 Å². The molecule has 9 nitrogen and oxygen atoms in total. The predicted molar refractivity (Wildman–Crippen MR) is 127 cm³/mol. The number of carbonyl (C=O) groups is 4. The third-order valence-corrected chi connectivity index (χ3v) is 4.56. The lowest BCUT2D eigenvalue weighted by Crippen LogP contribution is -2.56. The minimum absolute atomic E-state index is 0.102. The maximum atomic E-state index is 13.1. The molecule has 0 rings (SSSR count). The number of hydrogen-bond donors (Lipinski definition) is 3. The summed E-state index contributed by atoms with van der Waals surface area (Å²) in [4.78, 5) is 50.5. The van der Waals surface area contributed by atoms with E-state index in [4.69, 9.17) is 9.47 Å². The fraction of sp³-hybridized carbons (Fsp3) is 0.833. The lowest BCUT2D eigenvalue weighted by Gasteiger charge is -2.27. The number of carbonyl (C=O) groups excluding carboxylic acids is 4. The van der Waals surface area contributed by atoms with Crippen molar-refractivity contribution in [2.75, 3.05) is 7.11 Å². The van der Waals surface area contributed by atoms with Crippen molar-refractivity contribution in [2.45, 2.75) is 105 Å². The molecule has 3 atom stereocenters. The van der Waals surface area contributed by atoms with Crippen LogP contribution in [0.5, 0.6) is 0 Å².